The summed E-state index contributed by atoms with van der Waals surface area (Å²) in [5, 5.41) is 0. The fourth-order valence-electron chi connectivity index (χ4n) is 1.20. The zero-order valence-electron chi connectivity index (χ0n) is 6.66. The highest BCUT2D eigenvalue weighted by molar-refractivity contribution is 7.49. The van der Waals surface area contributed by atoms with Crippen molar-refractivity contribution >= 4 is 15.6 Å². The van der Waals surface area contributed by atoms with Gasteiger partial charge in [-0.1, -0.05) is 9.13 Å². The normalized spacial score (nSPS) is 28.7. The van der Waals surface area contributed by atoms with Crippen LogP contribution in [-0.4, -0.2) is 24.6 Å². The van der Waals surface area contributed by atoms with Crippen LogP contribution in [0.2, 0.25) is 0 Å². The van der Waals surface area contributed by atoms with E-state index in [0.29, 0.717) is 12.3 Å². The van der Waals surface area contributed by atoms with Crippen LogP contribution in [0.1, 0.15) is 19.3 Å². The van der Waals surface area contributed by atoms with E-state index >= 15 is 0 Å². The third-order valence-electron chi connectivity index (χ3n) is 1.91. The van der Waals surface area contributed by atoms with Crippen LogP contribution in [0.4, 0.5) is 0 Å². The Balaban J connectivity index is 2.37. The minimum atomic E-state index is -1.01. The fraction of sp³-hybridized carbons (Fsp3) is 1.00. The smallest absolute Gasteiger partial charge is 0.0747 e. The van der Waals surface area contributed by atoms with Crippen LogP contribution in [0.3, 0.4) is 0 Å². The SMILES string of the molecule is O=[P+]1CCCCC[P+](=O)CC1. The standard InChI is InChI=1S/C7H14O2P2/c8-10-4-2-1-3-5-11(9)7-6-10/h1-7H2/q+2. The summed E-state index contributed by atoms with van der Waals surface area (Å²) >= 11 is 0. The van der Waals surface area contributed by atoms with Gasteiger partial charge in [0.1, 0.15) is 12.3 Å². The van der Waals surface area contributed by atoms with E-state index in [9.17, 15) is 9.13 Å². The summed E-state index contributed by atoms with van der Waals surface area (Å²) in [6.45, 7) is 0. The first-order valence-electron chi connectivity index (χ1n) is 4.13. The average molecular weight is 192 g/mol. The minimum Gasteiger partial charge on any atom is -0.0747 e. The molecular formula is C7H14O2P2+2. The minimum absolute atomic E-state index is 0.699. The van der Waals surface area contributed by atoms with Crippen LogP contribution in [0.15, 0.2) is 0 Å². The highest BCUT2D eigenvalue weighted by Gasteiger charge is 2.25. The molecule has 0 bridgehead atoms. The Hall–Kier alpha value is 0.200. The zero-order chi connectivity index (χ0) is 8.10. The van der Waals surface area contributed by atoms with E-state index in [-0.39, 0.29) is 0 Å². The Morgan fingerprint density at radius 3 is 1.55 bits per heavy atom. The second-order valence-electron chi connectivity index (χ2n) is 2.92. The first kappa shape index (κ1) is 9.29. The molecule has 62 valence electrons. The maximum Gasteiger partial charge on any atom is 0.343 e. The Bertz CT molecular complexity index is 150. The van der Waals surface area contributed by atoms with E-state index in [1.165, 1.54) is 0 Å². The summed E-state index contributed by atoms with van der Waals surface area (Å²) in [5.41, 5.74) is 0. The van der Waals surface area contributed by atoms with Gasteiger partial charge in [0.25, 0.3) is 0 Å². The van der Waals surface area contributed by atoms with Crippen molar-refractivity contribution in [3.8, 4) is 0 Å². The molecule has 0 spiro atoms. The molecule has 0 N–H and O–H groups in total. The highest BCUT2D eigenvalue weighted by atomic mass is 31.1. The highest BCUT2D eigenvalue weighted by Crippen LogP contribution is 2.32. The molecule has 0 aliphatic carbocycles. The van der Waals surface area contributed by atoms with Crippen LogP contribution in [0.5, 0.6) is 0 Å². The first-order valence-corrected chi connectivity index (χ1v) is 7.39. The van der Waals surface area contributed by atoms with E-state index in [4.69, 9.17) is 0 Å². The van der Waals surface area contributed by atoms with Crippen LogP contribution < -0.4 is 0 Å². The molecule has 2 atom stereocenters. The molecule has 0 aromatic carbocycles. The Morgan fingerprint density at radius 1 is 0.636 bits per heavy atom. The molecule has 0 saturated carbocycles. The van der Waals surface area contributed by atoms with E-state index in [0.717, 1.165) is 31.6 Å². The Morgan fingerprint density at radius 2 is 1.09 bits per heavy atom. The molecule has 0 amide bonds. The van der Waals surface area contributed by atoms with Gasteiger partial charge in [-0.25, -0.2) is 0 Å². The monoisotopic (exact) mass is 192 g/mol. The molecular weight excluding hydrogens is 178 g/mol. The van der Waals surface area contributed by atoms with Gasteiger partial charge < -0.3 is 0 Å². The van der Waals surface area contributed by atoms with Crippen molar-refractivity contribution in [2.24, 2.45) is 0 Å². The molecule has 0 aromatic rings. The number of rotatable bonds is 0. The topological polar surface area (TPSA) is 34.1 Å². The third kappa shape index (κ3) is 3.94. The molecule has 1 fully saturated rings. The Kier molecular flexibility index (Phi) is 4.18. The molecule has 2 nitrogen and oxygen atoms in total. The third-order valence-corrected chi connectivity index (χ3v) is 5.34. The van der Waals surface area contributed by atoms with Crippen molar-refractivity contribution in [2.75, 3.05) is 24.6 Å². The van der Waals surface area contributed by atoms with E-state index < -0.39 is 15.6 Å². The van der Waals surface area contributed by atoms with Crippen LogP contribution >= 0.6 is 15.6 Å². The van der Waals surface area contributed by atoms with Crippen LogP contribution in [0.25, 0.3) is 0 Å². The summed E-state index contributed by atoms with van der Waals surface area (Å²) in [5.74, 6) is 0. The van der Waals surface area contributed by atoms with Gasteiger partial charge in [0, 0.05) is 0 Å². The van der Waals surface area contributed by atoms with Crippen molar-refractivity contribution in [3.05, 3.63) is 0 Å². The quantitative estimate of drug-likeness (QED) is 0.553. The van der Waals surface area contributed by atoms with Crippen LogP contribution in [0, 0.1) is 0 Å². The number of hydrogen-bond acceptors (Lipinski definition) is 2. The first-order chi connectivity index (χ1) is 5.29. The number of hydrogen-bond donors (Lipinski definition) is 0. The fourth-order valence-corrected chi connectivity index (χ4v) is 4.58. The molecule has 0 radical (unpaired) electrons. The van der Waals surface area contributed by atoms with Gasteiger partial charge >= 0.3 is 15.6 Å². The Labute approximate surface area is 69.3 Å². The van der Waals surface area contributed by atoms with Gasteiger partial charge in [0.05, 0.1) is 0 Å². The molecule has 11 heavy (non-hydrogen) atoms. The molecule has 1 aliphatic heterocycles. The summed E-state index contributed by atoms with van der Waals surface area (Å²) < 4.78 is 22.3. The summed E-state index contributed by atoms with van der Waals surface area (Å²) in [7, 11) is -2.03. The van der Waals surface area contributed by atoms with Gasteiger partial charge in [-0.15, -0.1) is 0 Å². The van der Waals surface area contributed by atoms with E-state index in [1.54, 1.807) is 0 Å². The van der Waals surface area contributed by atoms with Crippen molar-refractivity contribution in [2.45, 2.75) is 19.3 Å². The zero-order valence-corrected chi connectivity index (χ0v) is 8.45. The van der Waals surface area contributed by atoms with E-state index in [1.807, 2.05) is 0 Å². The van der Waals surface area contributed by atoms with Crippen LogP contribution in [-0.2, 0) is 9.13 Å². The van der Waals surface area contributed by atoms with Crippen molar-refractivity contribution in [1.29, 1.82) is 0 Å². The maximum atomic E-state index is 11.2. The lowest BCUT2D eigenvalue weighted by Gasteiger charge is -1.85. The summed E-state index contributed by atoms with van der Waals surface area (Å²) in [4.78, 5) is 0. The molecule has 0 aromatic heterocycles. The van der Waals surface area contributed by atoms with Gasteiger partial charge in [-0.2, -0.15) is 0 Å². The summed E-state index contributed by atoms with van der Waals surface area (Å²) in [6, 6.07) is 0. The molecule has 1 aliphatic rings. The molecule has 2 unspecified atom stereocenters. The van der Waals surface area contributed by atoms with Gasteiger partial charge in [0.15, 0.2) is 12.3 Å². The predicted molar refractivity (Wildman–Crippen MR) is 48.5 cm³/mol. The second kappa shape index (κ2) is 4.95. The summed E-state index contributed by atoms with van der Waals surface area (Å²) in [6.07, 6.45) is 6.37. The molecule has 1 saturated heterocycles. The van der Waals surface area contributed by atoms with Gasteiger partial charge in [0.2, 0.25) is 0 Å². The lowest BCUT2D eigenvalue weighted by molar-refractivity contribution is 0.583. The van der Waals surface area contributed by atoms with Gasteiger partial charge in [-0.3, -0.25) is 0 Å². The second-order valence-corrected chi connectivity index (χ2v) is 6.63. The molecule has 4 heteroatoms. The van der Waals surface area contributed by atoms with Gasteiger partial charge in [-0.05, 0) is 19.3 Å². The molecule has 1 heterocycles. The van der Waals surface area contributed by atoms with Crippen molar-refractivity contribution < 1.29 is 9.13 Å². The average Bonchev–Trinajstić information content (AvgIpc) is 2.06. The maximum absolute atomic E-state index is 11.2. The van der Waals surface area contributed by atoms with Crippen molar-refractivity contribution in [3.63, 3.8) is 0 Å². The molecule has 1 rings (SSSR count). The predicted octanol–water partition coefficient (Wildman–Crippen LogP) is 2.83. The largest absolute Gasteiger partial charge is 0.343 e. The van der Waals surface area contributed by atoms with Crippen molar-refractivity contribution in [1.82, 2.24) is 0 Å². The lowest BCUT2D eigenvalue weighted by atomic mass is 10.3. The van der Waals surface area contributed by atoms with E-state index in [2.05, 4.69) is 0 Å². The lowest BCUT2D eigenvalue weighted by Crippen LogP contribution is -1.85.